The molecule has 11 heteroatoms. The predicted molar refractivity (Wildman–Crippen MR) is 124 cm³/mol. The van der Waals surface area contributed by atoms with Crippen molar-refractivity contribution in [3.8, 4) is 0 Å². The summed E-state index contributed by atoms with van der Waals surface area (Å²) in [4.78, 5) is 29.7. The quantitative estimate of drug-likeness (QED) is 0.399. The van der Waals surface area contributed by atoms with Crippen molar-refractivity contribution in [3.63, 3.8) is 0 Å². The molecular formula is C22H26F3N3O3S2. The minimum absolute atomic E-state index is 0.137. The van der Waals surface area contributed by atoms with Crippen LogP contribution in [0.1, 0.15) is 45.1 Å². The highest BCUT2D eigenvalue weighted by Crippen LogP contribution is 2.38. The van der Waals surface area contributed by atoms with E-state index in [0.29, 0.717) is 9.96 Å². The van der Waals surface area contributed by atoms with Gasteiger partial charge in [-0.3, -0.25) is 15.0 Å². The number of para-hydroxylation sites is 1. The van der Waals surface area contributed by atoms with E-state index < -0.39 is 29.2 Å². The lowest BCUT2D eigenvalue weighted by Crippen LogP contribution is -2.39. The zero-order chi connectivity index (χ0) is 24.2. The molecular weight excluding hydrogens is 475 g/mol. The fourth-order valence-electron chi connectivity index (χ4n) is 3.55. The fourth-order valence-corrected chi connectivity index (χ4v) is 5.49. The van der Waals surface area contributed by atoms with Crippen LogP contribution in [-0.4, -0.2) is 34.4 Å². The molecule has 0 radical (unpaired) electrons. The first-order valence-corrected chi connectivity index (χ1v) is 12.3. The SMILES string of the molecule is CC(C)(CSc1cnc(NC(=O)N(CC2CCCC2)c2ccccc2C(F)(F)F)s1)C(=O)O. The molecule has 1 aromatic carbocycles. The Morgan fingerprint density at radius 2 is 1.91 bits per heavy atom. The van der Waals surface area contributed by atoms with E-state index in [0.717, 1.165) is 43.1 Å². The summed E-state index contributed by atoms with van der Waals surface area (Å²) in [6, 6.07) is 4.42. The minimum Gasteiger partial charge on any atom is -0.481 e. The molecule has 1 aromatic heterocycles. The van der Waals surface area contributed by atoms with E-state index in [1.807, 2.05) is 0 Å². The first-order chi connectivity index (χ1) is 15.5. The number of carbonyl (C=O) groups is 2. The minimum atomic E-state index is -4.59. The molecule has 0 unspecified atom stereocenters. The number of benzene rings is 1. The summed E-state index contributed by atoms with van der Waals surface area (Å²) in [5.74, 6) is -0.471. The number of halogens is 3. The lowest BCUT2D eigenvalue weighted by molar-refractivity contribution is -0.145. The van der Waals surface area contributed by atoms with Crippen LogP contribution in [0.2, 0.25) is 0 Å². The first kappa shape index (κ1) is 25.4. The smallest absolute Gasteiger partial charge is 0.418 e. The van der Waals surface area contributed by atoms with Gasteiger partial charge >= 0.3 is 18.2 Å². The van der Waals surface area contributed by atoms with Gasteiger partial charge in [0.1, 0.15) is 0 Å². The van der Waals surface area contributed by atoms with E-state index in [1.54, 1.807) is 13.8 Å². The number of carboxylic acids is 1. The fraction of sp³-hybridized carbons (Fsp3) is 0.500. The molecule has 0 bridgehead atoms. The summed E-state index contributed by atoms with van der Waals surface area (Å²) >= 11 is 2.46. The molecule has 3 rings (SSSR count). The summed E-state index contributed by atoms with van der Waals surface area (Å²) in [6.45, 7) is 3.43. The lowest BCUT2D eigenvalue weighted by atomic mass is 9.97. The number of rotatable bonds is 8. The summed E-state index contributed by atoms with van der Waals surface area (Å²) in [5.41, 5.74) is -1.97. The topological polar surface area (TPSA) is 82.5 Å². The summed E-state index contributed by atoms with van der Waals surface area (Å²) in [7, 11) is 0. The second-order valence-corrected chi connectivity index (χ2v) is 11.0. The molecule has 180 valence electrons. The van der Waals surface area contributed by atoms with Gasteiger partial charge in [-0.15, -0.1) is 11.8 Å². The number of carboxylic acid groups (broad SMARTS) is 1. The van der Waals surface area contributed by atoms with Gasteiger partial charge in [0.05, 0.1) is 27.1 Å². The monoisotopic (exact) mass is 501 g/mol. The Kier molecular flexibility index (Phi) is 7.94. The molecule has 6 nitrogen and oxygen atoms in total. The third-order valence-corrected chi connectivity index (χ3v) is 8.08. The lowest BCUT2D eigenvalue weighted by Gasteiger charge is -2.28. The number of anilines is 2. The average Bonchev–Trinajstić information content (AvgIpc) is 3.42. The Balaban J connectivity index is 1.78. The van der Waals surface area contributed by atoms with Crippen LogP contribution in [0.25, 0.3) is 0 Å². The number of nitrogens with one attached hydrogen (secondary N) is 1. The number of alkyl halides is 3. The molecule has 2 aromatic rings. The van der Waals surface area contributed by atoms with Gasteiger partial charge in [-0.2, -0.15) is 13.2 Å². The zero-order valence-corrected chi connectivity index (χ0v) is 19.9. The van der Waals surface area contributed by atoms with Crippen LogP contribution in [0, 0.1) is 11.3 Å². The van der Waals surface area contributed by atoms with Crippen molar-refractivity contribution in [3.05, 3.63) is 36.0 Å². The van der Waals surface area contributed by atoms with Crippen LogP contribution in [0.15, 0.2) is 34.7 Å². The van der Waals surface area contributed by atoms with E-state index in [4.69, 9.17) is 0 Å². The molecule has 1 fully saturated rings. The number of hydrogen-bond acceptors (Lipinski definition) is 5. The number of hydrogen-bond donors (Lipinski definition) is 2. The average molecular weight is 502 g/mol. The van der Waals surface area contributed by atoms with E-state index in [-0.39, 0.29) is 23.3 Å². The largest absolute Gasteiger partial charge is 0.481 e. The Labute approximate surface area is 198 Å². The number of urea groups is 1. The Morgan fingerprint density at radius 3 is 2.55 bits per heavy atom. The van der Waals surface area contributed by atoms with Crippen molar-refractivity contribution in [2.24, 2.45) is 11.3 Å². The van der Waals surface area contributed by atoms with Gasteiger partial charge < -0.3 is 5.11 Å². The molecule has 2 N–H and O–H groups in total. The number of aromatic nitrogens is 1. The van der Waals surface area contributed by atoms with Gasteiger partial charge in [-0.25, -0.2) is 9.78 Å². The number of aliphatic carboxylic acids is 1. The van der Waals surface area contributed by atoms with Gasteiger partial charge in [0.15, 0.2) is 5.13 Å². The van der Waals surface area contributed by atoms with Gasteiger partial charge in [-0.1, -0.05) is 36.3 Å². The first-order valence-electron chi connectivity index (χ1n) is 10.5. The van der Waals surface area contributed by atoms with Crippen LogP contribution in [0.3, 0.4) is 0 Å². The molecule has 1 saturated carbocycles. The van der Waals surface area contributed by atoms with Crippen molar-refractivity contribution < 1.29 is 27.9 Å². The van der Waals surface area contributed by atoms with Gasteiger partial charge in [0.25, 0.3) is 0 Å². The van der Waals surface area contributed by atoms with Crippen molar-refractivity contribution in [2.75, 3.05) is 22.5 Å². The summed E-state index contributed by atoms with van der Waals surface area (Å²) < 4.78 is 41.6. The molecule has 2 amide bonds. The molecule has 1 aliphatic rings. The van der Waals surface area contributed by atoms with Crippen LogP contribution in [0.4, 0.5) is 28.8 Å². The van der Waals surface area contributed by atoms with Crippen molar-refractivity contribution in [2.45, 2.75) is 49.9 Å². The van der Waals surface area contributed by atoms with Crippen LogP contribution in [0.5, 0.6) is 0 Å². The number of thiazole rings is 1. The third-order valence-electron chi connectivity index (χ3n) is 5.51. The normalized spacial score (nSPS) is 14.9. The second kappa shape index (κ2) is 10.3. The number of amides is 2. The molecule has 0 spiro atoms. The van der Waals surface area contributed by atoms with Crippen molar-refractivity contribution >= 4 is 45.9 Å². The zero-order valence-electron chi connectivity index (χ0n) is 18.3. The van der Waals surface area contributed by atoms with E-state index in [2.05, 4.69) is 10.3 Å². The predicted octanol–water partition coefficient (Wildman–Crippen LogP) is 6.59. The second-order valence-electron chi connectivity index (χ2n) is 8.67. The van der Waals surface area contributed by atoms with Gasteiger partial charge in [-0.05, 0) is 44.7 Å². The molecule has 1 aliphatic carbocycles. The van der Waals surface area contributed by atoms with Crippen LogP contribution < -0.4 is 10.2 Å². The molecule has 0 atom stereocenters. The van der Waals surface area contributed by atoms with E-state index in [9.17, 15) is 27.9 Å². The van der Waals surface area contributed by atoms with Crippen LogP contribution in [-0.2, 0) is 11.0 Å². The third kappa shape index (κ3) is 6.63. The molecule has 1 heterocycles. The number of thioether (sulfide) groups is 1. The summed E-state index contributed by atoms with van der Waals surface area (Å²) in [6.07, 6.45) is 0.674. The van der Waals surface area contributed by atoms with Gasteiger partial charge in [0, 0.05) is 12.3 Å². The number of nitrogens with zero attached hydrogens (tertiary/aromatic N) is 2. The van der Waals surface area contributed by atoms with Crippen LogP contribution >= 0.6 is 23.1 Å². The highest BCUT2D eigenvalue weighted by Gasteiger charge is 2.37. The maximum absolute atomic E-state index is 13.6. The van der Waals surface area contributed by atoms with E-state index in [1.165, 1.54) is 41.1 Å². The number of carbonyl (C=O) groups excluding carboxylic acids is 1. The Bertz CT molecular complexity index is 989. The van der Waals surface area contributed by atoms with Gasteiger partial charge in [0.2, 0.25) is 0 Å². The van der Waals surface area contributed by atoms with Crippen molar-refractivity contribution in [1.29, 1.82) is 0 Å². The Morgan fingerprint density at radius 1 is 1.24 bits per heavy atom. The van der Waals surface area contributed by atoms with Crippen molar-refractivity contribution in [1.82, 2.24) is 4.98 Å². The van der Waals surface area contributed by atoms with E-state index >= 15 is 0 Å². The maximum Gasteiger partial charge on any atom is 0.418 e. The maximum atomic E-state index is 13.6. The molecule has 33 heavy (non-hydrogen) atoms. The Hall–Kier alpha value is -2.27. The summed E-state index contributed by atoms with van der Waals surface area (Å²) in [5, 5.41) is 12.1. The highest BCUT2D eigenvalue weighted by molar-refractivity contribution is 8.01. The molecule has 0 aliphatic heterocycles. The highest BCUT2D eigenvalue weighted by atomic mass is 32.2. The molecule has 0 saturated heterocycles. The standard InChI is InChI=1S/C22H26F3N3O3S2/c1-21(2,18(29)30)13-32-17-11-26-19(33-17)27-20(31)28(12-14-7-3-4-8-14)16-10-6-5-9-15(16)22(23,24)25/h5-6,9-11,14H,3-4,7-8,12-13H2,1-2H3,(H,29,30)(H,26,27,31).